The zero-order valence-corrected chi connectivity index (χ0v) is 10.1. The van der Waals surface area contributed by atoms with Crippen molar-refractivity contribution < 1.29 is 0 Å². The summed E-state index contributed by atoms with van der Waals surface area (Å²) in [6, 6.07) is 2.02. The van der Waals surface area contributed by atoms with Crippen LogP contribution in [-0.2, 0) is 0 Å². The molecule has 0 aromatic carbocycles. The van der Waals surface area contributed by atoms with Crippen LogP contribution in [0.2, 0.25) is 0 Å². The van der Waals surface area contributed by atoms with Crippen molar-refractivity contribution in [3.63, 3.8) is 0 Å². The number of hydrogen-bond donors (Lipinski definition) is 2. The van der Waals surface area contributed by atoms with Crippen LogP contribution in [0.4, 0.5) is 11.4 Å². The summed E-state index contributed by atoms with van der Waals surface area (Å²) in [6.07, 6.45) is 5.24. The standard InChI is InChI=1S/C11H14N4S/c1-7-5-14-11(16-7)8(2)15-10-3-4-13-6-9(10)12/h3-6,8H,12H2,1-2H3,(H,13,15). The lowest BCUT2D eigenvalue weighted by Gasteiger charge is -2.13. The fourth-order valence-electron chi connectivity index (χ4n) is 1.41. The first-order valence-corrected chi connectivity index (χ1v) is 5.87. The molecule has 1 atom stereocenters. The van der Waals surface area contributed by atoms with Gasteiger partial charge in [0, 0.05) is 17.3 Å². The molecule has 3 N–H and O–H groups in total. The van der Waals surface area contributed by atoms with Gasteiger partial charge in [0.05, 0.1) is 23.6 Å². The van der Waals surface area contributed by atoms with E-state index < -0.39 is 0 Å². The molecule has 2 rings (SSSR count). The third kappa shape index (κ3) is 2.30. The van der Waals surface area contributed by atoms with E-state index in [2.05, 4.69) is 29.1 Å². The monoisotopic (exact) mass is 234 g/mol. The molecule has 0 amide bonds. The summed E-state index contributed by atoms with van der Waals surface area (Å²) < 4.78 is 0. The van der Waals surface area contributed by atoms with Gasteiger partial charge in [-0.15, -0.1) is 11.3 Å². The van der Waals surface area contributed by atoms with E-state index in [0.29, 0.717) is 5.69 Å². The number of nitrogens with zero attached hydrogens (tertiary/aromatic N) is 2. The zero-order valence-electron chi connectivity index (χ0n) is 9.27. The lowest BCUT2D eigenvalue weighted by Crippen LogP contribution is -2.08. The van der Waals surface area contributed by atoms with E-state index in [4.69, 9.17) is 5.73 Å². The van der Waals surface area contributed by atoms with Crippen molar-refractivity contribution in [1.82, 2.24) is 9.97 Å². The molecule has 2 aromatic heterocycles. The van der Waals surface area contributed by atoms with Crippen molar-refractivity contribution in [3.8, 4) is 0 Å². The molecule has 0 aliphatic carbocycles. The highest BCUT2D eigenvalue weighted by atomic mass is 32.1. The minimum atomic E-state index is 0.156. The van der Waals surface area contributed by atoms with Gasteiger partial charge in [0.1, 0.15) is 5.01 Å². The molecule has 0 radical (unpaired) electrons. The predicted octanol–water partition coefficient (Wildman–Crippen LogP) is 2.60. The summed E-state index contributed by atoms with van der Waals surface area (Å²) in [5.74, 6) is 0. The van der Waals surface area contributed by atoms with Crippen LogP contribution in [0.3, 0.4) is 0 Å². The summed E-state index contributed by atoms with van der Waals surface area (Å²) in [5.41, 5.74) is 7.36. The first-order valence-electron chi connectivity index (χ1n) is 5.05. The largest absolute Gasteiger partial charge is 0.396 e. The molecule has 2 aromatic rings. The van der Waals surface area contributed by atoms with Gasteiger partial charge >= 0.3 is 0 Å². The molecule has 84 valence electrons. The van der Waals surface area contributed by atoms with Crippen LogP contribution in [0.25, 0.3) is 0 Å². The molecule has 0 fully saturated rings. The first kappa shape index (κ1) is 10.9. The van der Waals surface area contributed by atoms with Crippen LogP contribution in [0.5, 0.6) is 0 Å². The number of rotatable bonds is 3. The minimum absolute atomic E-state index is 0.156. The normalized spacial score (nSPS) is 12.4. The fourth-order valence-corrected chi connectivity index (χ4v) is 2.18. The van der Waals surface area contributed by atoms with E-state index in [-0.39, 0.29) is 6.04 Å². The van der Waals surface area contributed by atoms with Crippen LogP contribution in [-0.4, -0.2) is 9.97 Å². The Balaban J connectivity index is 2.13. The number of aromatic nitrogens is 2. The molecular formula is C11H14N4S. The van der Waals surface area contributed by atoms with E-state index in [1.165, 1.54) is 4.88 Å². The Kier molecular flexibility index (Phi) is 3.05. The van der Waals surface area contributed by atoms with Crippen molar-refractivity contribution in [2.75, 3.05) is 11.1 Å². The van der Waals surface area contributed by atoms with Gasteiger partial charge in [-0.2, -0.15) is 0 Å². The molecule has 2 heterocycles. The third-order valence-corrected chi connectivity index (χ3v) is 3.33. The van der Waals surface area contributed by atoms with Gasteiger partial charge in [0.2, 0.25) is 0 Å². The topological polar surface area (TPSA) is 63.8 Å². The van der Waals surface area contributed by atoms with Crippen molar-refractivity contribution in [2.45, 2.75) is 19.9 Å². The number of aryl methyl sites for hydroxylation is 1. The van der Waals surface area contributed by atoms with Crippen molar-refractivity contribution in [3.05, 3.63) is 34.5 Å². The molecule has 0 aliphatic rings. The number of anilines is 2. The van der Waals surface area contributed by atoms with Gasteiger partial charge in [-0.25, -0.2) is 4.98 Å². The van der Waals surface area contributed by atoms with Gasteiger partial charge < -0.3 is 11.1 Å². The number of thiazole rings is 1. The average molecular weight is 234 g/mol. The summed E-state index contributed by atoms with van der Waals surface area (Å²) in [6.45, 7) is 4.12. The van der Waals surface area contributed by atoms with Crippen molar-refractivity contribution in [2.24, 2.45) is 0 Å². The SMILES string of the molecule is Cc1cnc(C(C)Nc2ccncc2N)s1. The molecule has 0 saturated heterocycles. The first-order chi connectivity index (χ1) is 7.66. The number of nitrogens with two attached hydrogens (primary N) is 1. The Morgan fingerprint density at radius 1 is 1.44 bits per heavy atom. The molecule has 1 unspecified atom stereocenters. The van der Waals surface area contributed by atoms with Gasteiger partial charge in [0.25, 0.3) is 0 Å². The number of pyridine rings is 1. The Morgan fingerprint density at radius 3 is 2.88 bits per heavy atom. The van der Waals surface area contributed by atoms with Gasteiger partial charge in [0.15, 0.2) is 0 Å². The highest BCUT2D eigenvalue weighted by Gasteiger charge is 2.10. The van der Waals surface area contributed by atoms with Crippen LogP contribution >= 0.6 is 11.3 Å². The summed E-state index contributed by atoms with van der Waals surface area (Å²) >= 11 is 1.69. The van der Waals surface area contributed by atoms with Crippen molar-refractivity contribution in [1.29, 1.82) is 0 Å². The maximum Gasteiger partial charge on any atom is 0.115 e. The average Bonchev–Trinajstić information content (AvgIpc) is 2.68. The van der Waals surface area contributed by atoms with Gasteiger partial charge in [-0.05, 0) is 19.9 Å². The van der Waals surface area contributed by atoms with Crippen molar-refractivity contribution >= 4 is 22.7 Å². The minimum Gasteiger partial charge on any atom is -0.396 e. The molecule has 4 nitrogen and oxygen atoms in total. The highest BCUT2D eigenvalue weighted by molar-refractivity contribution is 7.11. The van der Waals surface area contributed by atoms with Crippen LogP contribution in [0, 0.1) is 6.92 Å². The lowest BCUT2D eigenvalue weighted by atomic mass is 10.3. The maximum absolute atomic E-state index is 5.81. The van der Waals surface area contributed by atoms with Gasteiger partial charge in [-0.1, -0.05) is 0 Å². The summed E-state index contributed by atoms with van der Waals surface area (Å²) in [7, 11) is 0. The van der Waals surface area contributed by atoms with Crippen LogP contribution in [0.1, 0.15) is 22.9 Å². The molecule has 0 bridgehead atoms. The summed E-state index contributed by atoms with van der Waals surface area (Å²) in [5, 5.41) is 4.39. The second kappa shape index (κ2) is 4.49. The second-order valence-corrected chi connectivity index (χ2v) is 4.90. The molecular weight excluding hydrogens is 220 g/mol. The number of hydrogen-bond acceptors (Lipinski definition) is 5. The van der Waals surface area contributed by atoms with Gasteiger partial charge in [-0.3, -0.25) is 4.98 Å². The van der Waals surface area contributed by atoms with Crippen LogP contribution in [0.15, 0.2) is 24.7 Å². The Labute approximate surface area is 98.6 Å². The predicted molar refractivity (Wildman–Crippen MR) is 67.5 cm³/mol. The smallest absolute Gasteiger partial charge is 0.115 e. The van der Waals surface area contributed by atoms with E-state index >= 15 is 0 Å². The van der Waals surface area contributed by atoms with E-state index in [9.17, 15) is 0 Å². The number of nitrogen functional groups attached to an aromatic ring is 1. The molecule has 0 saturated carbocycles. The molecule has 0 aliphatic heterocycles. The Bertz CT molecular complexity index is 480. The van der Waals surface area contributed by atoms with E-state index in [0.717, 1.165) is 10.7 Å². The summed E-state index contributed by atoms with van der Waals surface area (Å²) in [4.78, 5) is 9.51. The molecule has 0 spiro atoms. The third-order valence-electron chi connectivity index (χ3n) is 2.23. The zero-order chi connectivity index (χ0) is 11.5. The quantitative estimate of drug-likeness (QED) is 0.856. The molecule has 5 heteroatoms. The van der Waals surface area contributed by atoms with E-state index in [1.54, 1.807) is 23.7 Å². The number of nitrogens with one attached hydrogen (secondary N) is 1. The Hall–Kier alpha value is -1.62. The lowest BCUT2D eigenvalue weighted by molar-refractivity contribution is 0.870. The molecule has 16 heavy (non-hydrogen) atoms. The fraction of sp³-hybridized carbons (Fsp3) is 0.273. The van der Waals surface area contributed by atoms with E-state index in [1.807, 2.05) is 12.3 Å². The van der Waals surface area contributed by atoms with Crippen LogP contribution < -0.4 is 11.1 Å². The second-order valence-electron chi connectivity index (χ2n) is 3.64. The maximum atomic E-state index is 5.81. The Morgan fingerprint density at radius 2 is 2.25 bits per heavy atom. The highest BCUT2D eigenvalue weighted by Crippen LogP contribution is 2.25.